The Morgan fingerprint density at radius 2 is 1.64 bits per heavy atom. The van der Waals surface area contributed by atoms with Gasteiger partial charge in [-0.3, -0.25) is 0 Å². The van der Waals surface area contributed by atoms with Gasteiger partial charge in [0.15, 0.2) is 5.82 Å². The van der Waals surface area contributed by atoms with Crippen molar-refractivity contribution in [3.05, 3.63) is 76.7 Å². The number of aromatic nitrogens is 3. The molecule has 0 aliphatic rings. The number of nitrogens with zero attached hydrogens (tertiary/aromatic N) is 3. The van der Waals surface area contributed by atoms with Crippen molar-refractivity contribution in [2.75, 3.05) is 17.2 Å². The van der Waals surface area contributed by atoms with Crippen LogP contribution in [0.1, 0.15) is 11.1 Å². The molecule has 0 atom stereocenters. The van der Waals surface area contributed by atoms with Crippen molar-refractivity contribution < 1.29 is 4.39 Å². The molecule has 0 amide bonds. The zero-order valence-electron chi connectivity index (χ0n) is 13.4. The van der Waals surface area contributed by atoms with Gasteiger partial charge in [0.1, 0.15) is 5.82 Å². The van der Waals surface area contributed by atoms with Crippen LogP contribution in [0.3, 0.4) is 0 Å². The molecule has 3 rings (SSSR count). The average Bonchev–Trinajstić information content (AvgIpc) is 2.63. The molecule has 128 valence electrons. The SMILES string of the molecule is Fc1ccc(CCNc2cnnc(NCc3ccc(Cl)cc3)n2)cc1. The third-order valence-corrected chi connectivity index (χ3v) is 3.81. The number of hydrogen-bond donors (Lipinski definition) is 2. The van der Waals surface area contributed by atoms with Gasteiger partial charge in [-0.2, -0.15) is 10.1 Å². The standard InChI is InChI=1S/C18H17ClFN5/c19-15-5-1-14(2-6-15)11-22-18-24-17(12-23-25-18)21-10-9-13-3-7-16(20)8-4-13/h1-8,12H,9-11H2,(H2,21,22,24,25). The van der Waals surface area contributed by atoms with Gasteiger partial charge in [-0.25, -0.2) is 4.39 Å². The van der Waals surface area contributed by atoms with Crippen molar-refractivity contribution in [1.29, 1.82) is 0 Å². The Bertz CT molecular complexity index is 808. The molecule has 1 heterocycles. The summed E-state index contributed by atoms with van der Waals surface area (Å²) >= 11 is 5.87. The van der Waals surface area contributed by atoms with Crippen molar-refractivity contribution in [2.24, 2.45) is 0 Å². The fourth-order valence-electron chi connectivity index (χ4n) is 2.23. The Kier molecular flexibility index (Phi) is 5.74. The van der Waals surface area contributed by atoms with Crippen LogP contribution in [-0.4, -0.2) is 21.7 Å². The third kappa shape index (κ3) is 5.39. The maximum absolute atomic E-state index is 12.9. The fraction of sp³-hybridized carbons (Fsp3) is 0.167. The highest BCUT2D eigenvalue weighted by Crippen LogP contribution is 2.11. The van der Waals surface area contributed by atoms with E-state index in [1.54, 1.807) is 18.3 Å². The molecular formula is C18H17ClFN5. The first-order valence-corrected chi connectivity index (χ1v) is 8.23. The Hall–Kier alpha value is -2.73. The van der Waals surface area contributed by atoms with E-state index in [0.717, 1.165) is 17.5 Å². The van der Waals surface area contributed by atoms with Gasteiger partial charge in [0.05, 0.1) is 6.20 Å². The summed E-state index contributed by atoms with van der Waals surface area (Å²) < 4.78 is 12.9. The van der Waals surface area contributed by atoms with Crippen LogP contribution in [0.15, 0.2) is 54.7 Å². The van der Waals surface area contributed by atoms with Gasteiger partial charge in [-0.15, -0.1) is 5.10 Å². The van der Waals surface area contributed by atoms with E-state index >= 15 is 0 Å². The number of anilines is 2. The highest BCUT2D eigenvalue weighted by atomic mass is 35.5. The van der Waals surface area contributed by atoms with Crippen LogP contribution in [0.5, 0.6) is 0 Å². The minimum Gasteiger partial charge on any atom is -0.368 e. The van der Waals surface area contributed by atoms with E-state index in [1.807, 2.05) is 24.3 Å². The van der Waals surface area contributed by atoms with E-state index in [4.69, 9.17) is 11.6 Å². The summed E-state index contributed by atoms with van der Waals surface area (Å²) in [5.41, 5.74) is 2.12. The Morgan fingerprint density at radius 1 is 0.920 bits per heavy atom. The monoisotopic (exact) mass is 357 g/mol. The first-order valence-electron chi connectivity index (χ1n) is 7.85. The molecular weight excluding hydrogens is 341 g/mol. The second-order valence-electron chi connectivity index (χ2n) is 5.45. The number of nitrogens with one attached hydrogen (secondary N) is 2. The highest BCUT2D eigenvalue weighted by Gasteiger charge is 2.01. The lowest BCUT2D eigenvalue weighted by molar-refractivity contribution is 0.627. The maximum Gasteiger partial charge on any atom is 0.244 e. The summed E-state index contributed by atoms with van der Waals surface area (Å²) in [6.07, 6.45) is 2.33. The van der Waals surface area contributed by atoms with Gasteiger partial charge in [-0.1, -0.05) is 35.9 Å². The first kappa shape index (κ1) is 17.1. The van der Waals surface area contributed by atoms with Crippen LogP contribution in [0.2, 0.25) is 5.02 Å². The van der Waals surface area contributed by atoms with E-state index in [9.17, 15) is 4.39 Å². The lowest BCUT2D eigenvalue weighted by Crippen LogP contribution is -2.10. The highest BCUT2D eigenvalue weighted by molar-refractivity contribution is 6.30. The molecule has 0 aliphatic heterocycles. The Balaban J connectivity index is 1.50. The molecule has 0 aliphatic carbocycles. The van der Waals surface area contributed by atoms with Crippen molar-refractivity contribution in [2.45, 2.75) is 13.0 Å². The van der Waals surface area contributed by atoms with E-state index in [2.05, 4.69) is 25.8 Å². The zero-order chi connectivity index (χ0) is 17.5. The minimum absolute atomic E-state index is 0.229. The third-order valence-electron chi connectivity index (χ3n) is 3.56. The molecule has 7 heteroatoms. The van der Waals surface area contributed by atoms with Crippen LogP contribution < -0.4 is 10.6 Å². The first-order chi connectivity index (χ1) is 12.2. The van der Waals surface area contributed by atoms with Gasteiger partial charge in [0.2, 0.25) is 5.95 Å². The molecule has 0 unspecified atom stereocenters. The Labute approximate surface area is 150 Å². The molecule has 0 saturated heterocycles. The van der Waals surface area contributed by atoms with E-state index < -0.39 is 0 Å². The van der Waals surface area contributed by atoms with Crippen molar-refractivity contribution in [3.63, 3.8) is 0 Å². The topological polar surface area (TPSA) is 62.7 Å². The Morgan fingerprint density at radius 3 is 2.40 bits per heavy atom. The molecule has 1 aromatic heterocycles. The number of rotatable bonds is 7. The second kappa shape index (κ2) is 8.39. The van der Waals surface area contributed by atoms with Gasteiger partial charge in [0, 0.05) is 18.1 Å². The lowest BCUT2D eigenvalue weighted by Gasteiger charge is -2.08. The maximum atomic E-state index is 12.9. The van der Waals surface area contributed by atoms with Gasteiger partial charge < -0.3 is 10.6 Å². The van der Waals surface area contributed by atoms with Crippen LogP contribution in [0.25, 0.3) is 0 Å². The average molecular weight is 358 g/mol. The molecule has 2 N–H and O–H groups in total. The number of benzene rings is 2. The van der Waals surface area contributed by atoms with Crippen LogP contribution in [0, 0.1) is 5.82 Å². The fourth-order valence-corrected chi connectivity index (χ4v) is 2.36. The molecule has 25 heavy (non-hydrogen) atoms. The number of halogens is 2. The summed E-state index contributed by atoms with van der Waals surface area (Å²) in [4.78, 5) is 4.37. The minimum atomic E-state index is -0.229. The largest absolute Gasteiger partial charge is 0.368 e. The summed E-state index contributed by atoms with van der Waals surface area (Å²) in [6.45, 7) is 1.25. The van der Waals surface area contributed by atoms with E-state index in [0.29, 0.717) is 29.9 Å². The van der Waals surface area contributed by atoms with Gasteiger partial charge >= 0.3 is 0 Å². The normalized spacial score (nSPS) is 10.5. The molecule has 2 aromatic carbocycles. The van der Waals surface area contributed by atoms with Crippen molar-refractivity contribution in [3.8, 4) is 0 Å². The summed E-state index contributed by atoms with van der Waals surface area (Å²) in [6, 6.07) is 14.0. The molecule has 0 bridgehead atoms. The molecule has 0 saturated carbocycles. The predicted octanol–water partition coefficient (Wildman–Crippen LogP) is 3.93. The lowest BCUT2D eigenvalue weighted by atomic mass is 10.1. The molecule has 3 aromatic rings. The predicted molar refractivity (Wildman–Crippen MR) is 97.2 cm³/mol. The number of hydrogen-bond acceptors (Lipinski definition) is 5. The summed E-state index contributed by atoms with van der Waals surface area (Å²) in [5.74, 6) is 0.852. The quantitative estimate of drug-likeness (QED) is 0.670. The van der Waals surface area contributed by atoms with Gasteiger partial charge in [0.25, 0.3) is 0 Å². The molecule has 0 radical (unpaired) electrons. The molecule has 0 spiro atoms. The van der Waals surface area contributed by atoms with Crippen LogP contribution >= 0.6 is 11.6 Å². The van der Waals surface area contributed by atoms with E-state index in [1.165, 1.54) is 12.1 Å². The van der Waals surface area contributed by atoms with Crippen molar-refractivity contribution >= 4 is 23.4 Å². The smallest absolute Gasteiger partial charge is 0.244 e. The zero-order valence-corrected chi connectivity index (χ0v) is 14.2. The van der Waals surface area contributed by atoms with Gasteiger partial charge in [-0.05, 0) is 41.8 Å². The van der Waals surface area contributed by atoms with Crippen LogP contribution in [-0.2, 0) is 13.0 Å². The van der Waals surface area contributed by atoms with Crippen LogP contribution in [0.4, 0.5) is 16.2 Å². The second-order valence-corrected chi connectivity index (χ2v) is 5.88. The summed E-state index contributed by atoms with van der Waals surface area (Å²) in [7, 11) is 0. The molecule has 0 fully saturated rings. The summed E-state index contributed by atoms with van der Waals surface area (Å²) in [5, 5.41) is 14.9. The molecule has 5 nitrogen and oxygen atoms in total. The van der Waals surface area contributed by atoms with E-state index in [-0.39, 0.29) is 5.82 Å². The van der Waals surface area contributed by atoms with Crippen molar-refractivity contribution in [1.82, 2.24) is 15.2 Å².